The van der Waals surface area contributed by atoms with Crippen LogP contribution in [0, 0.1) is 0 Å². The van der Waals surface area contributed by atoms with Crippen molar-refractivity contribution in [2.24, 2.45) is 0 Å². The molecule has 0 saturated carbocycles. The summed E-state index contributed by atoms with van der Waals surface area (Å²) in [4.78, 5) is 3.55. The van der Waals surface area contributed by atoms with Gasteiger partial charge in [-0.2, -0.15) is 0 Å². The molecule has 0 unspecified atom stereocenters. The fraction of sp³-hybridized carbons (Fsp3) is 0.250. The molecule has 0 radical (unpaired) electrons. The van der Waals surface area contributed by atoms with Crippen LogP contribution in [-0.2, 0) is 10.8 Å². The highest BCUT2D eigenvalue weighted by molar-refractivity contribution is 6.12. The molecule has 2 aromatic heterocycles. The maximum atomic E-state index is 6.55. The van der Waals surface area contributed by atoms with Gasteiger partial charge in [-0.25, -0.2) is 0 Å². The zero-order chi connectivity index (χ0) is 23.8. The van der Waals surface area contributed by atoms with Crippen molar-refractivity contribution in [2.45, 2.75) is 52.4 Å². The van der Waals surface area contributed by atoms with E-state index in [2.05, 4.69) is 119 Å². The van der Waals surface area contributed by atoms with Crippen molar-refractivity contribution >= 4 is 43.7 Å². The summed E-state index contributed by atoms with van der Waals surface area (Å²) in [5.74, 6) is 0. The van der Waals surface area contributed by atoms with Crippen LogP contribution in [0.3, 0.4) is 0 Å². The first kappa shape index (κ1) is 21.0. The first-order chi connectivity index (χ1) is 16.1. The topological polar surface area (TPSA) is 28.9 Å². The average molecular weight is 446 g/mol. The van der Waals surface area contributed by atoms with Crippen LogP contribution in [0.15, 0.2) is 77.2 Å². The molecule has 0 saturated heterocycles. The van der Waals surface area contributed by atoms with E-state index in [0.29, 0.717) is 0 Å². The summed E-state index contributed by atoms with van der Waals surface area (Å²) >= 11 is 0. The molecular weight excluding hydrogens is 414 g/mol. The van der Waals surface area contributed by atoms with Gasteiger partial charge in [-0.15, -0.1) is 0 Å². The lowest BCUT2D eigenvalue weighted by molar-refractivity contribution is 0.590. The van der Waals surface area contributed by atoms with Gasteiger partial charge in [0.2, 0.25) is 0 Å². The Balaban J connectivity index is 1.68. The SMILES string of the molecule is CC(C)(C)c1ccc2oc3c(-c4ccc5[nH]c6ccccc6c5c4)cc(C(C)(C)C)cc3c2c1. The fourth-order valence-corrected chi connectivity index (χ4v) is 5.01. The number of rotatable bonds is 1. The van der Waals surface area contributed by atoms with Gasteiger partial charge in [0, 0.05) is 38.1 Å². The molecule has 0 aliphatic heterocycles. The summed E-state index contributed by atoms with van der Waals surface area (Å²) < 4.78 is 6.55. The molecular formula is C32H31NO. The van der Waals surface area contributed by atoms with Crippen LogP contribution >= 0.6 is 0 Å². The van der Waals surface area contributed by atoms with Crippen molar-refractivity contribution in [3.63, 3.8) is 0 Å². The summed E-state index contributed by atoms with van der Waals surface area (Å²) in [6.45, 7) is 13.6. The molecule has 34 heavy (non-hydrogen) atoms. The molecule has 170 valence electrons. The Hall–Kier alpha value is -3.52. The van der Waals surface area contributed by atoms with Gasteiger partial charge in [-0.1, -0.05) is 71.9 Å². The molecule has 2 heteroatoms. The molecule has 0 aliphatic carbocycles. The Kier molecular flexibility index (Phi) is 4.33. The number of benzene rings is 4. The monoisotopic (exact) mass is 445 g/mol. The van der Waals surface area contributed by atoms with Gasteiger partial charge in [-0.3, -0.25) is 0 Å². The lowest BCUT2D eigenvalue weighted by Gasteiger charge is -2.21. The van der Waals surface area contributed by atoms with E-state index in [9.17, 15) is 0 Å². The number of H-pyrrole nitrogens is 1. The molecule has 0 bridgehead atoms. The second-order valence-electron chi connectivity index (χ2n) is 11.6. The van der Waals surface area contributed by atoms with Crippen molar-refractivity contribution in [2.75, 3.05) is 0 Å². The zero-order valence-corrected chi connectivity index (χ0v) is 20.8. The van der Waals surface area contributed by atoms with E-state index in [4.69, 9.17) is 4.42 Å². The summed E-state index contributed by atoms with van der Waals surface area (Å²) in [6, 6.07) is 26.5. The average Bonchev–Trinajstić information content (AvgIpc) is 3.34. The summed E-state index contributed by atoms with van der Waals surface area (Å²) in [5.41, 5.74) is 9.34. The van der Waals surface area contributed by atoms with E-state index in [0.717, 1.165) is 22.2 Å². The van der Waals surface area contributed by atoms with Crippen molar-refractivity contribution in [3.05, 3.63) is 83.9 Å². The van der Waals surface area contributed by atoms with Crippen LogP contribution in [0.5, 0.6) is 0 Å². The molecule has 2 nitrogen and oxygen atoms in total. The molecule has 0 amide bonds. The van der Waals surface area contributed by atoms with Crippen LogP contribution in [0.4, 0.5) is 0 Å². The number of furan rings is 1. The third kappa shape index (κ3) is 3.24. The van der Waals surface area contributed by atoms with E-state index in [-0.39, 0.29) is 10.8 Å². The van der Waals surface area contributed by atoms with E-state index in [1.54, 1.807) is 0 Å². The quantitative estimate of drug-likeness (QED) is 0.268. The zero-order valence-electron chi connectivity index (χ0n) is 20.8. The fourth-order valence-electron chi connectivity index (χ4n) is 5.01. The van der Waals surface area contributed by atoms with Crippen LogP contribution in [-0.4, -0.2) is 4.98 Å². The summed E-state index contributed by atoms with van der Waals surface area (Å²) in [7, 11) is 0. The number of hydrogen-bond acceptors (Lipinski definition) is 1. The smallest absolute Gasteiger partial charge is 0.143 e. The van der Waals surface area contributed by atoms with Gasteiger partial charge in [-0.05, 0) is 70.0 Å². The Morgan fingerprint density at radius 3 is 2.06 bits per heavy atom. The lowest BCUT2D eigenvalue weighted by Crippen LogP contribution is -2.11. The maximum absolute atomic E-state index is 6.55. The molecule has 0 spiro atoms. The second kappa shape index (κ2) is 6.99. The highest BCUT2D eigenvalue weighted by Gasteiger charge is 2.22. The largest absolute Gasteiger partial charge is 0.455 e. The number of fused-ring (bicyclic) bond motifs is 6. The number of nitrogens with one attached hydrogen (secondary N) is 1. The number of hydrogen-bond donors (Lipinski definition) is 1. The van der Waals surface area contributed by atoms with Gasteiger partial charge in [0.25, 0.3) is 0 Å². The maximum Gasteiger partial charge on any atom is 0.143 e. The second-order valence-corrected chi connectivity index (χ2v) is 11.6. The van der Waals surface area contributed by atoms with Gasteiger partial charge in [0.15, 0.2) is 0 Å². The van der Waals surface area contributed by atoms with Gasteiger partial charge >= 0.3 is 0 Å². The Morgan fingerprint density at radius 1 is 0.588 bits per heavy atom. The first-order valence-corrected chi connectivity index (χ1v) is 12.1. The van der Waals surface area contributed by atoms with Crippen LogP contribution < -0.4 is 0 Å². The van der Waals surface area contributed by atoms with Gasteiger partial charge in [0.1, 0.15) is 11.2 Å². The van der Waals surface area contributed by atoms with Gasteiger partial charge < -0.3 is 9.40 Å². The van der Waals surface area contributed by atoms with E-state index in [1.807, 2.05) is 0 Å². The molecule has 2 heterocycles. The Morgan fingerprint density at radius 2 is 1.29 bits per heavy atom. The van der Waals surface area contributed by atoms with Gasteiger partial charge in [0.05, 0.1) is 0 Å². The molecule has 6 rings (SSSR count). The standard InChI is InChI=1S/C32H31NO/c1-31(2,3)20-12-14-29-25(16-20)26-18-21(32(4,5)6)17-23(30(26)34-29)19-11-13-28-24(15-19)22-9-7-8-10-27(22)33-28/h7-18,33H,1-6H3. The predicted octanol–water partition coefficient (Wildman–Crippen LogP) is 9.48. The molecule has 0 fully saturated rings. The minimum Gasteiger partial charge on any atom is -0.455 e. The lowest BCUT2D eigenvalue weighted by atomic mass is 9.83. The number of para-hydroxylation sites is 1. The van der Waals surface area contributed by atoms with Crippen LogP contribution in [0.1, 0.15) is 52.7 Å². The van der Waals surface area contributed by atoms with Crippen molar-refractivity contribution < 1.29 is 4.42 Å². The predicted molar refractivity (Wildman–Crippen MR) is 146 cm³/mol. The number of aromatic nitrogens is 1. The third-order valence-electron chi connectivity index (χ3n) is 7.12. The highest BCUT2D eigenvalue weighted by atomic mass is 16.3. The first-order valence-electron chi connectivity index (χ1n) is 12.1. The molecule has 1 N–H and O–H groups in total. The molecule has 0 aliphatic rings. The van der Waals surface area contributed by atoms with Crippen molar-refractivity contribution in [1.82, 2.24) is 4.98 Å². The molecule has 0 atom stereocenters. The third-order valence-corrected chi connectivity index (χ3v) is 7.12. The Bertz CT molecular complexity index is 1710. The summed E-state index contributed by atoms with van der Waals surface area (Å²) in [5, 5.41) is 4.89. The molecule has 6 aromatic rings. The van der Waals surface area contributed by atoms with Crippen molar-refractivity contribution in [1.29, 1.82) is 0 Å². The Labute approximate surface area is 200 Å². The summed E-state index contributed by atoms with van der Waals surface area (Å²) in [6.07, 6.45) is 0. The highest BCUT2D eigenvalue weighted by Crippen LogP contribution is 2.41. The van der Waals surface area contributed by atoms with Crippen molar-refractivity contribution in [3.8, 4) is 11.1 Å². The van der Waals surface area contributed by atoms with E-state index >= 15 is 0 Å². The molecule has 4 aromatic carbocycles. The van der Waals surface area contributed by atoms with Crippen LogP contribution in [0.2, 0.25) is 0 Å². The van der Waals surface area contributed by atoms with Crippen LogP contribution in [0.25, 0.3) is 54.9 Å². The number of aromatic amines is 1. The van der Waals surface area contributed by atoms with E-state index in [1.165, 1.54) is 43.8 Å². The normalized spacial score (nSPS) is 13.0. The minimum absolute atomic E-state index is 0.0268. The van der Waals surface area contributed by atoms with E-state index < -0.39 is 0 Å². The minimum atomic E-state index is 0.0268.